The fourth-order valence-corrected chi connectivity index (χ4v) is 1.72. The van der Waals surface area contributed by atoms with Crippen molar-refractivity contribution in [1.29, 1.82) is 0 Å². The van der Waals surface area contributed by atoms with Gasteiger partial charge < -0.3 is 10.3 Å². The third kappa shape index (κ3) is 2.91. The van der Waals surface area contributed by atoms with Crippen molar-refractivity contribution in [2.45, 2.75) is 0 Å². The number of carbonyl (C=O) groups excluding carboxylic acids is 1. The Balaban J connectivity index is 2.22. The van der Waals surface area contributed by atoms with Crippen LogP contribution in [0.3, 0.4) is 0 Å². The van der Waals surface area contributed by atoms with Crippen molar-refractivity contribution in [3.63, 3.8) is 0 Å². The van der Waals surface area contributed by atoms with E-state index in [1.807, 2.05) is 0 Å². The van der Waals surface area contributed by atoms with Crippen LogP contribution in [0.2, 0.25) is 10.0 Å². The molecule has 2 aromatic rings. The Morgan fingerprint density at radius 1 is 1.22 bits per heavy atom. The molecular weight excluding hydrogens is 275 g/mol. The van der Waals surface area contributed by atoms with Crippen LogP contribution < -0.4 is 10.9 Å². The number of hydrogen-bond acceptors (Lipinski definition) is 2. The van der Waals surface area contributed by atoms with E-state index in [-0.39, 0.29) is 16.5 Å². The van der Waals surface area contributed by atoms with Crippen molar-refractivity contribution in [3.8, 4) is 0 Å². The number of pyridine rings is 1. The Morgan fingerprint density at radius 3 is 2.67 bits per heavy atom. The summed E-state index contributed by atoms with van der Waals surface area (Å²) in [5.74, 6) is -0.379. The Bertz CT molecular complexity index is 653. The molecule has 92 valence electrons. The molecule has 0 saturated heterocycles. The maximum absolute atomic E-state index is 11.9. The van der Waals surface area contributed by atoms with Gasteiger partial charge in [-0.05, 0) is 24.3 Å². The third-order valence-electron chi connectivity index (χ3n) is 2.20. The summed E-state index contributed by atoms with van der Waals surface area (Å²) < 4.78 is 0. The second kappa shape index (κ2) is 5.25. The van der Waals surface area contributed by atoms with E-state index in [0.717, 1.165) is 0 Å². The molecule has 1 aromatic carbocycles. The number of carbonyl (C=O) groups is 1. The zero-order valence-electron chi connectivity index (χ0n) is 9.04. The van der Waals surface area contributed by atoms with Crippen LogP contribution in [0.25, 0.3) is 0 Å². The number of nitrogens with one attached hydrogen (secondary N) is 2. The van der Waals surface area contributed by atoms with E-state index in [0.29, 0.717) is 10.7 Å². The number of aromatic nitrogens is 1. The van der Waals surface area contributed by atoms with Gasteiger partial charge in [0.25, 0.3) is 11.5 Å². The fourth-order valence-electron chi connectivity index (χ4n) is 1.36. The summed E-state index contributed by atoms with van der Waals surface area (Å²) in [6, 6.07) is 8.05. The van der Waals surface area contributed by atoms with Crippen LogP contribution in [-0.4, -0.2) is 10.9 Å². The summed E-state index contributed by atoms with van der Waals surface area (Å²) in [4.78, 5) is 25.3. The highest BCUT2D eigenvalue weighted by Gasteiger charge is 2.08. The SMILES string of the molecule is O=C(Nc1cccc(Cl)c1)c1c[nH]c(=O)c(Cl)c1. The molecule has 0 bridgehead atoms. The Labute approximate surface area is 113 Å². The minimum absolute atomic E-state index is 0.0336. The monoisotopic (exact) mass is 282 g/mol. The van der Waals surface area contributed by atoms with E-state index < -0.39 is 5.56 Å². The molecule has 6 heteroatoms. The molecule has 0 radical (unpaired) electrons. The number of anilines is 1. The first-order valence-corrected chi connectivity index (χ1v) is 5.77. The van der Waals surface area contributed by atoms with Crippen LogP contribution in [0.15, 0.2) is 41.3 Å². The normalized spacial score (nSPS) is 10.1. The third-order valence-corrected chi connectivity index (χ3v) is 2.72. The molecule has 18 heavy (non-hydrogen) atoms. The predicted octanol–water partition coefficient (Wildman–Crippen LogP) is 2.93. The van der Waals surface area contributed by atoms with Gasteiger partial charge in [-0.2, -0.15) is 0 Å². The second-order valence-corrected chi connectivity index (χ2v) is 4.37. The molecule has 1 amide bonds. The molecule has 4 nitrogen and oxygen atoms in total. The average molecular weight is 283 g/mol. The summed E-state index contributed by atoms with van der Waals surface area (Å²) in [7, 11) is 0. The molecule has 2 rings (SSSR count). The summed E-state index contributed by atoms with van der Waals surface area (Å²) in [5.41, 5.74) is 0.394. The van der Waals surface area contributed by atoms with Gasteiger partial charge in [0, 0.05) is 16.9 Å². The van der Waals surface area contributed by atoms with Gasteiger partial charge in [-0.15, -0.1) is 0 Å². The van der Waals surface area contributed by atoms with Crippen molar-refractivity contribution >= 4 is 34.8 Å². The molecule has 0 fully saturated rings. The van der Waals surface area contributed by atoms with E-state index in [9.17, 15) is 9.59 Å². The summed E-state index contributed by atoms with van der Waals surface area (Å²) in [6.07, 6.45) is 1.30. The Kier molecular flexibility index (Phi) is 3.69. The Morgan fingerprint density at radius 2 is 2.00 bits per heavy atom. The maximum atomic E-state index is 11.9. The molecular formula is C12H8Cl2N2O2. The number of hydrogen-bond donors (Lipinski definition) is 2. The largest absolute Gasteiger partial charge is 0.327 e. The van der Waals surface area contributed by atoms with E-state index in [2.05, 4.69) is 10.3 Å². The van der Waals surface area contributed by atoms with Crippen LogP contribution >= 0.6 is 23.2 Å². The van der Waals surface area contributed by atoms with Gasteiger partial charge in [-0.3, -0.25) is 9.59 Å². The van der Waals surface area contributed by atoms with Crippen LogP contribution in [0, 0.1) is 0 Å². The van der Waals surface area contributed by atoms with Gasteiger partial charge in [-0.1, -0.05) is 29.3 Å². The lowest BCUT2D eigenvalue weighted by atomic mass is 10.2. The Hall–Kier alpha value is -1.78. The van der Waals surface area contributed by atoms with E-state index in [4.69, 9.17) is 23.2 Å². The predicted molar refractivity (Wildman–Crippen MR) is 71.5 cm³/mol. The number of aromatic amines is 1. The molecule has 0 spiro atoms. The van der Waals surface area contributed by atoms with Gasteiger partial charge in [0.2, 0.25) is 0 Å². The number of H-pyrrole nitrogens is 1. The van der Waals surface area contributed by atoms with Crippen molar-refractivity contribution in [1.82, 2.24) is 4.98 Å². The first-order valence-electron chi connectivity index (χ1n) is 5.01. The van der Waals surface area contributed by atoms with Gasteiger partial charge >= 0.3 is 0 Å². The van der Waals surface area contributed by atoms with Crippen molar-refractivity contribution in [2.75, 3.05) is 5.32 Å². The highest BCUT2D eigenvalue weighted by atomic mass is 35.5. The van der Waals surface area contributed by atoms with Gasteiger partial charge in [0.1, 0.15) is 5.02 Å². The minimum Gasteiger partial charge on any atom is -0.327 e. The van der Waals surface area contributed by atoms with E-state index >= 15 is 0 Å². The fraction of sp³-hybridized carbons (Fsp3) is 0. The number of halogens is 2. The topological polar surface area (TPSA) is 62.0 Å². The van der Waals surface area contributed by atoms with E-state index in [1.165, 1.54) is 12.3 Å². The molecule has 0 saturated carbocycles. The summed E-state index contributed by atoms with van der Waals surface area (Å²) in [6.45, 7) is 0. The number of rotatable bonds is 2. The van der Waals surface area contributed by atoms with Crippen LogP contribution in [0.1, 0.15) is 10.4 Å². The molecule has 0 aliphatic carbocycles. The highest BCUT2D eigenvalue weighted by Crippen LogP contribution is 2.16. The van der Waals surface area contributed by atoms with Gasteiger partial charge in [-0.25, -0.2) is 0 Å². The van der Waals surface area contributed by atoms with Crippen LogP contribution in [0.5, 0.6) is 0 Å². The lowest BCUT2D eigenvalue weighted by Crippen LogP contribution is -2.15. The zero-order valence-corrected chi connectivity index (χ0v) is 10.5. The molecule has 0 unspecified atom stereocenters. The maximum Gasteiger partial charge on any atom is 0.266 e. The quantitative estimate of drug-likeness (QED) is 0.890. The first-order chi connectivity index (χ1) is 8.56. The van der Waals surface area contributed by atoms with Crippen LogP contribution in [-0.2, 0) is 0 Å². The van der Waals surface area contributed by atoms with Crippen molar-refractivity contribution < 1.29 is 4.79 Å². The zero-order chi connectivity index (χ0) is 13.1. The number of amides is 1. The van der Waals surface area contributed by atoms with Crippen LogP contribution in [0.4, 0.5) is 5.69 Å². The molecule has 2 N–H and O–H groups in total. The standard InChI is InChI=1S/C12H8Cl2N2O2/c13-8-2-1-3-9(5-8)16-11(17)7-4-10(14)12(18)15-6-7/h1-6H,(H,15,18)(H,16,17). The smallest absolute Gasteiger partial charge is 0.266 e. The minimum atomic E-state index is -0.434. The highest BCUT2D eigenvalue weighted by molar-refractivity contribution is 6.31. The lowest BCUT2D eigenvalue weighted by Gasteiger charge is -2.05. The molecule has 0 aliphatic heterocycles. The molecule has 0 aliphatic rings. The van der Waals surface area contributed by atoms with Gasteiger partial charge in [0.05, 0.1) is 5.56 Å². The average Bonchev–Trinajstić information content (AvgIpc) is 2.32. The number of benzene rings is 1. The van der Waals surface area contributed by atoms with E-state index in [1.54, 1.807) is 24.3 Å². The molecule has 1 heterocycles. The summed E-state index contributed by atoms with van der Waals surface area (Å²) >= 11 is 11.4. The lowest BCUT2D eigenvalue weighted by molar-refractivity contribution is 0.102. The van der Waals surface area contributed by atoms with Gasteiger partial charge in [0.15, 0.2) is 0 Å². The first kappa shape index (κ1) is 12.7. The molecule has 0 atom stereocenters. The van der Waals surface area contributed by atoms with Crippen molar-refractivity contribution in [2.24, 2.45) is 0 Å². The molecule has 1 aromatic heterocycles. The van der Waals surface area contributed by atoms with Crippen molar-refractivity contribution in [3.05, 3.63) is 62.5 Å². The summed E-state index contributed by atoms with van der Waals surface area (Å²) in [5, 5.41) is 3.13. The second-order valence-electron chi connectivity index (χ2n) is 3.53.